The summed E-state index contributed by atoms with van der Waals surface area (Å²) in [6.45, 7) is 16.8. The molecule has 0 aliphatic heterocycles. The smallest absolute Gasteiger partial charge is 0.0420 e. The van der Waals surface area contributed by atoms with Crippen LogP contribution in [-0.4, -0.2) is 0 Å². The van der Waals surface area contributed by atoms with Crippen LogP contribution in [0.25, 0.3) is 0 Å². The topological polar surface area (TPSA) is 0 Å². The molecule has 0 heterocycles. The van der Waals surface area contributed by atoms with Crippen LogP contribution in [0.5, 0.6) is 0 Å². The minimum Gasteiger partial charge on any atom is -0.0654 e. The minimum absolute atomic E-state index is 0.849. The molecule has 0 saturated heterocycles. The number of hydrogen-bond acceptors (Lipinski definition) is 0. The van der Waals surface area contributed by atoms with Crippen LogP contribution in [0.3, 0.4) is 0 Å². The van der Waals surface area contributed by atoms with Crippen molar-refractivity contribution in [3.05, 3.63) is 0 Å². The third-order valence-corrected chi connectivity index (χ3v) is 5.82. The van der Waals surface area contributed by atoms with Crippen LogP contribution < -0.4 is 0 Å². The molecule has 0 amide bonds. The van der Waals surface area contributed by atoms with Gasteiger partial charge in [-0.15, -0.1) is 0 Å². The zero-order valence-electron chi connectivity index (χ0n) is 17.0. The molecule has 4 atom stereocenters. The molecule has 0 radical (unpaired) electrons. The SMILES string of the molecule is CCCC(C)CCCC(C)CCCC(C)CCC(C)C(C)C. The summed E-state index contributed by atoms with van der Waals surface area (Å²) in [4.78, 5) is 0. The van der Waals surface area contributed by atoms with Crippen molar-refractivity contribution >= 4 is 0 Å². The van der Waals surface area contributed by atoms with E-state index in [0.29, 0.717) is 0 Å². The van der Waals surface area contributed by atoms with Gasteiger partial charge in [-0.05, 0) is 29.6 Å². The maximum absolute atomic E-state index is 2.47. The Morgan fingerprint density at radius 1 is 0.500 bits per heavy atom. The van der Waals surface area contributed by atoms with Gasteiger partial charge in [-0.1, -0.05) is 113 Å². The molecule has 0 bridgehead atoms. The summed E-state index contributed by atoms with van der Waals surface area (Å²) in [7, 11) is 0. The molecular weight excluding hydrogens is 264 g/mol. The average molecular weight is 311 g/mol. The highest BCUT2D eigenvalue weighted by atomic mass is 14.2. The molecule has 0 fully saturated rings. The lowest BCUT2D eigenvalue weighted by Gasteiger charge is -2.19. The molecule has 0 spiro atoms. The van der Waals surface area contributed by atoms with Crippen LogP contribution in [0, 0.1) is 29.6 Å². The second-order valence-corrected chi connectivity index (χ2v) is 8.76. The van der Waals surface area contributed by atoms with Gasteiger partial charge in [0.15, 0.2) is 0 Å². The van der Waals surface area contributed by atoms with Gasteiger partial charge in [0.1, 0.15) is 0 Å². The standard InChI is InChI=1S/C22H46/c1-8-11-19(4)12-9-13-20(5)14-10-15-21(6)16-17-22(7)18(2)3/h18-22H,8-17H2,1-7H3. The molecular formula is C22H46. The van der Waals surface area contributed by atoms with E-state index in [1.54, 1.807) is 0 Å². The van der Waals surface area contributed by atoms with E-state index in [0.717, 1.165) is 29.6 Å². The molecule has 0 aromatic carbocycles. The van der Waals surface area contributed by atoms with Crippen LogP contribution >= 0.6 is 0 Å². The Hall–Kier alpha value is 0. The van der Waals surface area contributed by atoms with Gasteiger partial charge >= 0.3 is 0 Å². The van der Waals surface area contributed by atoms with Crippen LogP contribution in [0.15, 0.2) is 0 Å². The van der Waals surface area contributed by atoms with Gasteiger partial charge in [-0.2, -0.15) is 0 Å². The third-order valence-electron chi connectivity index (χ3n) is 5.82. The van der Waals surface area contributed by atoms with E-state index in [4.69, 9.17) is 0 Å². The lowest BCUT2D eigenvalue weighted by molar-refractivity contribution is 0.331. The molecule has 0 aliphatic rings. The molecule has 0 nitrogen and oxygen atoms in total. The first-order valence-corrected chi connectivity index (χ1v) is 10.4. The van der Waals surface area contributed by atoms with Gasteiger partial charge in [0.25, 0.3) is 0 Å². The Kier molecular flexibility index (Phi) is 13.4. The molecule has 0 aromatic rings. The predicted octanol–water partition coefficient (Wildman–Crippen LogP) is 8.11. The lowest BCUT2D eigenvalue weighted by Crippen LogP contribution is -2.06. The fraction of sp³-hybridized carbons (Fsp3) is 1.00. The summed E-state index contributed by atoms with van der Waals surface area (Å²) in [5.41, 5.74) is 0. The van der Waals surface area contributed by atoms with E-state index in [1.165, 1.54) is 64.2 Å². The fourth-order valence-electron chi connectivity index (χ4n) is 3.44. The second kappa shape index (κ2) is 13.4. The molecule has 0 N–H and O–H groups in total. The van der Waals surface area contributed by atoms with Crippen molar-refractivity contribution in [3.63, 3.8) is 0 Å². The highest BCUT2D eigenvalue weighted by Gasteiger charge is 2.11. The Morgan fingerprint density at radius 2 is 0.909 bits per heavy atom. The maximum atomic E-state index is 2.47. The molecule has 0 rings (SSSR count). The first-order valence-electron chi connectivity index (χ1n) is 10.4. The zero-order valence-corrected chi connectivity index (χ0v) is 17.0. The predicted molar refractivity (Wildman–Crippen MR) is 103 cm³/mol. The van der Waals surface area contributed by atoms with Gasteiger partial charge in [0, 0.05) is 0 Å². The van der Waals surface area contributed by atoms with Gasteiger partial charge in [0.05, 0.1) is 0 Å². The van der Waals surface area contributed by atoms with E-state index < -0.39 is 0 Å². The molecule has 134 valence electrons. The summed E-state index contributed by atoms with van der Waals surface area (Å²) in [5.74, 6) is 4.56. The van der Waals surface area contributed by atoms with Crippen LogP contribution in [-0.2, 0) is 0 Å². The largest absolute Gasteiger partial charge is 0.0654 e. The van der Waals surface area contributed by atoms with Crippen molar-refractivity contribution in [2.24, 2.45) is 29.6 Å². The summed E-state index contributed by atoms with van der Waals surface area (Å²) < 4.78 is 0. The molecule has 0 aromatic heterocycles. The Bertz CT molecular complexity index is 230. The first kappa shape index (κ1) is 22.0. The monoisotopic (exact) mass is 310 g/mol. The highest BCUT2D eigenvalue weighted by molar-refractivity contribution is 4.63. The second-order valence-electron chi connectivity index (χ2n) is 8.76. The molecule has 0 saturated carbocycles. The molecule has 0 heteroatoms. The Morgan fingerprint density at radius 3 is 1.32 bits per heavy atom. The average Bonchev–Trinajstić information content (AvgIpc) is 2.44. The summed E-state index contributed by atoms with van der Waals surface area (Å²) in [5, 5.41) is 0. The van der Waals surface area contributed by atoms with Crippen LogP contribution in [0.2, 0.25) is 0 Å². The van der Waals surface area contributed by atoms with Crippen molar-refractivity contribution < 1.29 is 0 Å². The Balaban J connectivity index is 3.56. The zero-order chi connectivity index (χ0) is 17.0. The van der Waals surface area contributed by atoms with Crippen LogP contribution in [0.1, 0.15) is 113 Å². The van der Waals surface area contributed by atoms with Gasteiger partial charge < -0.3 is 0 Å². The van der Waals surface area contributed by atoms with E-state index in [2.05, 4.69) is 48.5 Å². The quantitative estimate of drug-likeness (QED) is 0.304. The van der Waals surface area contributed by atoms with Crippen molar-refractivity contribution in [2.75, 3.05) is 0 Å². The van der Waals surface area contributed by atoms with Crippen molar-refractivity contribution in [2.45, 2.75) is 113 Å². The number of rotatable bonds is 14. The van der Waals surface area contributed by atoms with Crippen LogP contribution in [0.4, 0.5) is 0 Å². The van der Waals surface area contributed by atoms with Crippen molar-refractivity contribution in [1.29, 1.82) is 0 Å². The molecule has 4 unspecified atom stereocenters. The van der Waals surface area contributed by atoms with E-state index in [9.17, 15) is 0 Å². The van der Waals surface area contributed by atoms with Gasteiger partial charge in [-0.3, -0.25) is 0 Å². The van der Waals surface area contributed by atoms with E-state index in [1.807, 2.05) is 0 Å². The van der Waals surface area contributed by atoms with Gasteiger partial charge in [0.2, 0.25) is 0 Å². The Labute approximate surface area is 142 Å². The normalized spacial score (nSPS) is 17.5. The first-order chi connectivity index (χ1) is 10.4. The molecule has 22 heavy (non-hydrogen) atoms. The third kappa shape index (κ3) is 12.5. The molecule has 0 aliphatic carbocycles. The van der Waals surface area contributed by atoms with Crippen molar-refractivity contribution in [3.8, 4) is 0 Å². The lowest BCUT2D eigenvalue weighted by atomic mass is 9.87. The minimum atomic E-state index is 0.849. The summed E-state index contributed by atoms with van der Waals surface area (Å²) in [6.07, 6.45) is 14.3. The van der Waals surface area contributed by atoms with Crippen molar-refractivity contribution in [1.82, 2.24) is 0 Å². The number of hydrogen-bond donors (Lipinski definition) is 0. The summed E-state index contributed by atoms with van der Waals surface area (Å²) in [6, 6.07) is 0. The highest BCUT2D eigenvalue weighted by Crippen LogP contribution is 2.24. The summed E-state index contributed by atoms with van der Waals surface area (Å²) >= 11 is 0. The fourth-order valence-corrected chi connectivity index (χ4v) is 3.44. The maximum Gasteiger partial charge on any atom is -0.0420 e. The van der Waals surface area contributed by atoms with Gasteiger partial charge in [-0.25, -0.2) is 0 Å². The van der Waals surface area contributed by atoms with E-state index in [-0.39, 0.29) is 0 Å². The van der Waals surface area contributed by atoms with E-state index >= 15 is 0 Å².